The molecule has 0 radical (unpaired) electrons. The minimum absolute atomic E-state index is 0.0619. The SMILES string of the molecule is CC1(OC(=O)COc2c(I)cc(COc3ccc([SH]4c5ccccc5-c5ccccc54)cc3)cc2I)C2CC3CC(C2)CC1C3. The molecular weight excluding hydrogens is 806 g/mol. The quantitative estimate of drug-likeness (QED) is 0.0961. The van der Waals surface area contributed by atoms with E-state index in [1.165, 1.54) is 57.9 Å². The van der Waals surface area contributed by atoms with Gasteiger partial charge >= 0.3 is 5.97 Å². The van der Waals surface area contributed by atoms with Crippen LogP contribution in [0.5, 0.6) is 11.5 Å². The van der Waals surface area contributed by atoms with Crippen LogP contribution in [-0.4, -0.2) is 18.2 Å². The number of esters is 1. The largest absolute Gasteiger partial charge is 0.489 e. The van der Waals surface area contributed by atoms with E-state index in [-0.39, 0.29) is 18.2 Å². The number of rotatable bonds is 8. The molecule has 0 spiro atoms. The Morgan fingerprint density at radius 1 is 0.778 bits per heavy atom. The molecule has 4 nitrogen and oxygen atoms in total. The molecule has 7 heteroatoms. The van der Waals surface area contributed by atoms with Crippen molar-refractivity contribution < 1.29 is 19.0 Å². The molecule has 0 aromatic heterocycles. The second kappa shape index (κ2) is 12.1. The van der Waals surface area contributed by atoms with Gasteiger partial charge in [-0.1, -0.05) is 36.4 Å². The highest BCUT2D eigenvalue weighted by atomic mass is 127. The summed E-state index contributed by atoms with van der Waals surface area (Å²) in [7, 11) is -0.574. The van der Waals surface area contributed by atoms with Crippen LogP contribution >= 0.6 is 56.1 Å². The summed E-state index contributed by atoms with van der Waals surface area (Å²) in [5, 5.41) is 0. The Kier molecular flexibility index (Phi) is 8.09. The van der Waals surface area contributed by atoms with Crippen molar-refractivity contribution in [2.24, 2.45) is 23.7 Å². The van der Waals surface area contributed by atoms with Crippen LogP contribution in [0.15, 0.2) is 99.6 Å². The van der Waals surface area contributed by atoms with Crippen LogP contribution in [0.3, 0.4) is 0 Å². The van der Waals surface area contributed by atoms with E-state index in [9.17, 15) is 4.79 Å². The third-order valence-corrected chi connectivity index (χ3v) is 14.7. The molecule has 1 heterocycles. The monoisotopic (exact) mass is 842 g/mol. The Morgan fingerprint density at radius 3 is 1.91 bits per heavy atom. The first-order valence-electron chi connectivity index (χ1n) is 15.9. The van der Waals surface area contributed by atoms with Crippen molar-refractivity contribution in [1.82, 2.24) is 0 Å². The molecule has 0 amide bonds. The third kappa shape index (κ3) is 5.58. The van der Waals surface area contributed by atoms with Crippen molar-refractivity contribution in [2.45, 2.75) is 65.9 Å². The molecule has 45 heavy (non-hydrogen) atoms. The lowest BCUT2D eigenvalue weighted by Gasteiger charge is -2.59. The fourth-order valence-electron chi connectivity index (χ4n) is 8.58. The zero-order valence-electron chi connectivity index (χ0n) is 25.2. The first-order valence-corrected chi connectivity index (χ1v) is 19.4. The average molecular weight is 843 g/mol. The predicted octanol–water partition coefficient (Wildman–Crippen LogP) is 10.1. The van der Waals surface area contributed by atoms with Crippen LogP contribution in [-0.2, 0) is 16.1 Å². The Hall–Kier alpha value is -2.24. The van der Waals surface area contributed by atoms with E-state index in [0.29, 0.717) is 18.4 Å². The molecule has 4 fully saturated rings. The van der Waals surface area contributed by atoms with Gasteiger partial charge in [0.2, 0.25) is 0 Å². The van der Waals surface area contributed by atoms with Gasteiger partial charge in [-0.3, -0.25) is 0 Å². The minimum atomic E-state index is -0.574. The van der Waals surface area contributed by atoms with Gasteiger partial charge in [0, 0.05) is 9.79 Å². The lowest BCUT2D eigenvalue weighted by molar-refractivity contribution is -0.204. The van der Waals surface area contributed by atoms with E-state index in [2.05, 4.69) is 137 Å². The number of carbonyl (C=O) groups is 1. The molecule has 0 saturated heterocycles. The highest BCUT2D eigenvalue weighted by molar-refractivity contribution is 14.1. The number of ether oxygens (including phenoxy) is 3. The van der Waals surface area contributed by atoms with Gasteiger partial charge in [0.25, 0.3) is 0 Å². The minimum Gasteiger partial charge on any atom is -0.489 e. The van der Waals surface area contributed by atoms with Crippen LogP contribution in [0.25, 0.3) is 11.1 Å². The third-order valence-electron chi connectivity index (χ3n) is 10.6. The lowest BCUT2D eigenvalue weighted by atomic mass is 9.50. The first kappa shape index (κ1) is 30.1. The van der Waals surface area contributed by atoms with E-state index >= 15 is 0 Å². The Balaban J connectivity index is 0.894. The van der Waals surface area contributed by atoms with Gasteiger partial charge in [-0.2, -0.15) is 10.9 Å². The van der Waals surface area contributed by atoms with Gasteiger partial charge < -0.3 is 14.2 Å². The van der Waals surface area contributed by atoms with Gasteiger partial charge in [-0.25, -0.2) is 4.79 Å². The van der Waals surface area contributed by atoms with Crippen molar-refractivity contribution in [3.05, 3.63) is 97.6 Å². The second-order valence-electron chi connectivity index (χ2n) is 13.3. The maximum atomic E-state index is 13.0. The molecule has 1 aliphatic heterocycles. The van der Waals surface area contributed by atoms with Crippen molar-refractivity contribution in [1.29, 1.82) is 0 Å². The van der Waals surface area contributed by atoms with Gasteiger partial charge in [0.05, 0.1) is 7.14 Å². The molecule has 4 aromatic rings. The standard InChI is InChI=1S/C38H36I2O4S/c1-38(26-15-23-14-24(17-26)18-27(38)16-23)44-36(41)22-43-37-32(39)19-25(20-33(37)40)21-42-28-10-12-29(13-11-28)45-34-8-4-2-6-30(34)31-7-3-5-9-35(31)45/h2-13,19-20,23-24,26-27,45H,14-18,21-22H2,1H3. The summed E-state index contributed by atoms with van der Waals surface area (Å²) in [5.74, 6) is 4.02. The van der Waals surface area contributed by atoms with Crippen molar-refractivity contribution in [3.63, 3.8) is 0 Å². The maximum Gasteiger partial charge on any atom is 0.344 e. The van der Waals surface area contributed by atoms with Gasteiger partial charge in [-0.15, -0.1) is 0 Å². The van der Waals surface area contributed by atoms with Crippen LogP contribution in [0.1, 0.15) is 44.6 Å². The molecule has 4 bridgehead atoms. The summed E-state index contributed by atoms with van der Waals surface area (Å²) < 4.78 is 20.4. The summed E-state index contributed by atoms with van der Waals surface area (Å²) in [5.41, 5.74) is 3.43. The number of carbonyl (C=O) groups excluding carboxylic acids is 1. The van der Waals surface area contributed by atoms with Gasteiger partial charge in [-0.05, 0) is 178 Å². The normalized spacial score (nSPS) is 26.3. The fraction of sp³-hybridized carbons (Fsp3) is 0.342. The Labute approximate surface area is 295 Å². The molecule has 0 N–H and O–H groups in total. The van der Waals surface area contributed by atoms with Crippen molar-refractivity contribution in [2.75, 3.05) is 6.61 Å². The zero-order chi connectivity index (χ0) is 30.7. The van der Waals surface area contributed by atoms with E-state index in [1.54, 1.807) is 0 Å². The molecule has 9 rings (SSSR count). The van der Waals surface area contributed by atoms with E-state index in [4.69, 9.17) is 14.2 Å². The first-order chi connectivity index (χ1) is 21.9. The number of thiol groups is 1. The van der Waals surface area contributed by atoms with Crippen molar-refractivity contribution >= 4 is 62.0 Å². The topological polar surface area (TPSA) is 44.8 Å². The van der Waals surface area contributed by atoms with Gasteiger partial charge in [0.15, 0.2) is 6.61 Å². The highest BCUT2D eigenvalue weighted by Gasteiger charge is 2.57. The fourth-order valence-corrected chi connectivity index (χ4v) is 13.4. The maximum absolute atomic E-state index is 13.0. The average Bonchev–Trinajstić information content (AvgIpc) is 3.37. The molecule has 232 valence electrons. The smallest absolute Gasteiger partial charge is 0.344 e. The summed E-state index contributed by atoms with van der Waals surface area (Å²) in [6, 6.07) is 30.3. The van der Waals surface area contributed by atoms with Crippen LogP contribution in [0, 0.1) is 30.8 Å². The summed E-state index contributed by atoms with van der Waals surface area (Å²) >= 11 is 4.58. The predicted molar refractivity (Wildman–Crippen MR) is 195 cm³/mol. The van der Waals surface area contributed by atoms with E-state index < -0.39 is 10.9 Å². The van der Waals surface area contributed by atoms with Crippen LogP contribution in [0.2, 0.25) is 0 Å². The summed E-state index contributed by atoms with van der Waals surface area (Å²) in [6.45, 7) is 2.58. The molecule has 5 aliphatic rings. The van der Waals surface area contributed by atoms with E-state index in [0.717, 1.165) is 36.0 Å². The van der Waals surface area contributed by atoms with Crippen LogP contribution < -0.4 is 9.47 Å². The Morgan fingerprint density at radius 2 is 1.33 bits per heavy atom. The number of hydrogen-bond donors (Lipinski definition) is 1. The molecule has 0 atom stereocenters. The summed E-state index contributed by atoms with van der Waals surface area (Å²) in [4.78, 5) is 17.2. The highest BCUT2D eigenvalue weighted by Crippen LogP contribution is 2.62. The van der Waals surface area contributed by atoms with Crippen molar-refractivity contribution in [3.8, 4) is 22.6 Å². The van der Waals surface area contributed by atoms with Crippen LogP contribution in [0.4, 0.5) is 0 Å². The molecule has 4 aliphatic carbocycles. The lowest BCUT2D eigenvalue weighted by Crippen LogP contribution is -2.58. The number of halogens is 2. The molecule has 4 aromatic carbocycles. The molecule has 0 unspecified atom stereocenters. The summed E-state index contributed by atoms with van der Waals surface area (Å²) in [6.07, 6.45) is 6.24. The molecule has 4 saturated carbocycles. The number of hydrogen-bond acceptors (Lipinski definition) is 4. The van der Waals surface area contributed by atoms with E-state index in [1.807, 2.05) is 0 Å². The second-order valence-corrected chi connectivity index (χ2v) is 17.8. The Bertz CT molecular complexity index is 1670. The zero-order valence-corrected chi connectivity index (χ0v) is 30.4. The van der Waals surface area contributed by atoms with Gasteiger partial charge in [0.1, 0.15) is 23.7 Å². The number of fused-ring (bicyclic) bond motifs is 3. The molecular formula is C38H36I2O4S. The number of benzene rings is 4.